The number of hydrogen-bond acceptors (Lipinski definition) is 7. The van der Waals surface area contributed by atoms with Crippen molar-refractivity contribution in [2.75, 3.05) is 26.2 Å². The van der Waals surface area contributed by atoms with E-state index >= 15 is 0 Å². The fourth-order valence-corrected chi connectivity index (χ4v) is 5.71. The molecule has 4 amide bonds. The lowest BCUT2D eigenvalue weighted by Crippen LogP contribution is -2.59. The first-order valence-electron chi connectivity index (χ1n) is 16.5. The standard InChI is InChI=1S/C34H53N5O6/c1-22(2)27(28(40)32(43)36-25-12-8-7-9-13-25)37-30(41)23(3)35-33(44)29(34(4,5)6)38-31(42)24-14-16-26(17-15-24)45-21-20-39-18-10-11-19-39/h14-17,22-23,25,27,29H,7-13,18-21H2,1-6H3,(H,35,44)(H,36,43)(H,37,41)(H,38,42). The van der Waals surface area contributed by atoms with Crippen LogP contribution in [0.15, 0.2) is 24.3 Å². The van der Waals surface area contributed by atoms with Gasteiger partial charge >= 0.3 is 0 Å². The minimum absolute atomic E-state index is 0.0302. The molecule has 11 heteroatoms. The molecule has 1 aliphatic heterocycles. The van der Waals surface area contributed by atoms with E-state index in [1.54, 1.807) is 38.1 Å². The molecule has 3 atom stereocenters. The molecule has 1 aromatic carbocycles. The number of benzene rings is 1. The smallest absolute Gasteiger partial charge is 0.289 e. The zero-order chi connectivity index (χ0) is 33.1. The van der Waals surface area contributed by atoms with E-state index in [1.807, 2.05) is 20.8 Å². The van der Waals surface area contributed by atoms with Gasteiger partial charge in [0.05, 0.1) is 6.04 Å². The molecule has 2 fully saturated rings. The fraction of sp³-hybridized carbons (Fsp3) is 0.676. The van der Waals surface area contributed by atoms with Crippen LogP contribution in [0.1, 0.15) is 96.8 Å². The lowest BCUT2D eigenvalue weighted by atomic mass is 9.85. The van der Waals surface area contributed by atoms with E-state index in [-0.39, 0.29) is 12.0 Å². The van der Waals surface area contributed by atoms with E-state index in [0.717, 1.165) is 51.7 Å². The highest BCUT2D eigenvalue weighted by atomic mass is 16.5. The van der Waals surface area contributed by atoms with E-state index < -0.39 is 53.0 Å². The molecule has 2 aliphatic rings. The minimum Gasteiger partial charge on any atom is -0.492 e. The summed E-state index contributed by atoms with van der Waals surface area (Å²) in [6.07, 6.45) is 7.27. The number of hydrogen-bond donors (Lipinski definition) is 4. The molecule has 1 heterocycles. The van der Waals surface area contributed by atoms with E-state index in [2.05, 4.69) is 26.2 Å². The van der Waals surface area contributed by atoms with Crippen LogP contribution in [-0.2, 0) is 19.2 Å². The molecule has 4 N–H and O–H groups in total. The summed E-state index contributed by atoms with van der Waals surface area (Å²) in [5.74, 6) is -2.64. The van der Waals surface area contributed by atoms with Gasteiger partial charge in [-0.1, -0.05) is 53.9 Å². The van der Waals surface area contributed by atoms with Crippen molar-refractivity contribution >= 4 is 29.4 Å². The molecule has 1 saturated heterocycles. The van der Waals surface area contributed by atoms with Gasteiger partial charge in [-0.25, -0.2) is 0 Å². The van der Waals surface area contributed by atoms with Crippen LogP contribution in [0, 0.1) is 11.3 Å². The molecule has 3 unspecified atom stereocenters. The Morgan fingerprint density at radius 3 is 2.04 bits per heavy atom. The molecule has 3 rings (SSSR count). The number of ether oxygens (including phenoxy) is 1. The topological polar surface area (TPSA) is 146 Å². The Kier molecular flexibility index (Phi) is 13.4. The van der Waals surface area contributed by atoms with E-state index in [4.69, 9.17) is 4.74 Å². The maximum Gasteiger partial charge on any atom is 0.289 e. The Balaban J connectivity index is 1.55. The normalized spacial score (nSPS) is 18.0. The van der Waals surface area contributed by atoms with E-state index in [1.165, 1.54) is 19.8 Å². The SMILES string of the molecule is CC(NC(=O)C(NC(=O)c1ccc(OCCN2CCCC2)cc1)C(C)(C)C)C(=O)NC(C(=O)C(=O)NC1CCCCC1)C(C)C. The van der Waals surface area contributed by atoms with Crippen LogP contribution in [-0.4, -0.2) is 84.7 Å². The Labute approximate surface area is 268 Å². The molecule has 1 aromatic rings. The second-order valence-electron chi connectivity index (χ2n) is 13.8. The summed E-state index contributed by atoms with van der Waals surface area (Å²) in [7, 11) is 0. The maximum atomic E-state index is 13.4. The second-order valence-corrected chi connectivity index (χ2v) is 13.8. The molecule has 0 radical (unpaired) electrons. The van der Waals surface area contributed by atoms with Crippen LogP contribution in [0.25, 0.3) is 0 Å². The molecule has 1 aliphatic carbocycles. The van der Waals surface area contributed by atoms with E-state index in [9.17, 15) is 24.0 Å². The van der Waals surface area contributed by atoms with Gasteiger partial charge in [0, 0.05) is 18.2 Å². The van der Waals surface area contributed by atoms with Gasteiger partial charge in [-0.05, 0) is 81.3 Å². The number of carbonyl (C=O) groups excluding carboxylic acids is 5. The van der Waals surface area contributed by atoms with Gasteiger partial charge in [0.2, 0.25) is 17.6 Å². The molecule has 250 valence electrons. The molecular weight excluding hydrogens is 574 g/mol. The van der Waals surface area contributed by atoms with Crippen LogP contribution < -0.4 is 26.0 Å². The van der Waals surface area contributed by atoms with Crippen LogP contribution in [0.4, 0.5) is 0 Å². The largest absolute Gasteiger partial charge is 0.492 e. The van der Waals surface area contributed by atoms with Crippen molar-refractivity contribution < 1.29 is 28.7 Å². The van der Waals surface area contributed by atoms with Crippen molar-refractivity contribution in [3.05, 3.63) is 29.8 Å². The first kappa shape index (κ1) is 36.0. The Morgan fingerprint density at radius 2 is 1.47 bits per heavy atom. The zero-order valence-electron chi connectivity index (χ0n) is 27.9. The summed E-state index contributed by atoms with van der Waals surface area (Å²) in [5.41, 5.74) is -0.304. The number of ketones is 1. The maximum absolute atomic E-state index is 13.4. The van der Waals surface area contributed by atoms with Crippen LogP contribution in [0.5, 0.6) is 5.75 Å². The lowest BCUT2D eigenvalue weighted by Gasteiger charge is -2.31. The van der Waals surface area contributed by atoms with Gasteiger partial charge in [0.1, 0.15) is 24.4 Å². The first-order chi connectivity index (χ1) is 21.3. The van der Waals surface area contributed by atoms with Crippen molar-refractivity contribution in [1.82, 2.24) is 26.2 Å². The molecule has 45 heavy (non-hydrogen) atoms. The van der Waals surface area contributed by atoms with E-state index in [0.29, 0.717) is 17.9 Å². The van der Waals surface area contributed by atoms with Crippen LogP contribution in [0.3, 0.4) is 0 Å². The lowest BCUT2D eigenvalue weighted by molar-refractivity contribution is -0.141. The highest BCUT2D eigenvalue weighted by Gasteiger charge is 2.36. The van der Waals surface area contributed by atoms with Crippen molar-refractivity contribution in [2.45, 2.75) is 111 Å². The van der Waals surface area contributed by atoms with Crippen molar-refractivity contribution in [3.63, 3.8) is 0 Å². The monoisotopic (exact) mass is 627 g/mol. The number of rotatable bonds is 14. The van der Waals surface area contributed by atoms with Gasteiger partial charge in [-0.3, -0.25) is 28.9 Å². The average molecular weight is 628 g/mol. The van der Waals surface area contributed by atoms with Gasteiger partial charge in [0.25, 0.3) is 11.8 Å². The summed E-state index contributed by atoms with van der Waals surface area (Å²) in [4.78, 5) is 67.6. The quantitative estimate of drug-likeness (QED) is 0.232. The number of nitrogens with one attached hydrogen (secondary N) is 4. The highest BCUT2D eigenvalue weighted by Crippen LogP contribution is 2.21. The number of Topliss-reactive ketones (excluding diaryl/α,β-unsaturated/α-hetero) is 1. The first-order valence-corrected chi connectivity index (χ1v) is 16.5. The Hall–Kier alpha value is -3.47. The average Bonchev–Trinajstić information content (AvgIpc) is 3.51. The van der Waals surface area contributed by atoms with Crippen molar-refractivity contribution in [1.29, 1.82) is 0 Å². The zero-order valence-corrected chi connectivity index (χ0v) is 27.9. The summed E-state index contributed by atoms with van der Waals surface area (Å²) >= 11 is 0. The summed E-state index contributed by atoms with van der Waals surface area (Å²) in [6, 6.07) is 3.73. The highest BCUT2D eigenvalue weighted by molar-refractivity contribution is 6.38. The van der Waals surface area contributed by atoms with Gasteiger partial charge in [-0.15, -0.1) is 0 Å². The third-order valence-corrected chi connectivity index (χ3v) is 8.56. The van der Waals surface area contributed by atoms with Crippen molar-refractivity contribution in [2.24, 2.45) is 11.3 Å². The molecule has 11 nitrogen and oxygen atoms in total. The molecule has 0 bridgehead atoms. The summed E-state index contributed by atoms with van der Waals surface area (Å²) in [6.45, 7) is 14.1. The molecule has 1 saturated carbocycles. The number of amides is 4. The van der Waals surface area contributed by atoms with Gasteiger partial charge in [0.15, 0.2) is 0 Å². The van der Waals surface area contributed by atoms with Gasteiger partial charge in [-0.2, -0.15) is 0 Å². The van der Waals surface area contributed by atoms with Crippen LogP contribution in [0.2, 0.25) is 0 Å². The Bertz CT molecular complexity index is 1170. The third-order valence-electron chi connectivity index (χ3n) is 8.56. The fourth-order valence-electron chi connectivity index (χ4n) is 5.71. The predicted molar refractivity (Wildman–Crippen MR) is 173 cm³/mol. The summed E-state index contributed by atoms with van der Waals surface area (Å²) < 4.78 is 5.83. The second kappa shape index (κ2) is 16.7. The number of carbonyl (C=O) groups is 5. The third kappa shape index (κ3) is 11.1. The van der Waals surface area contributed by atoms with Crippen LogP contribution >= 0.6 is 0 Å². The number of likely N-dealkylation sites (tertiary alicyclic amines) is 1. The summed E-state index contributed by atoms with van der Waals surface area (Å²) in [5, 5.41) is 11.0. The number of nitrogens with zero attached hydrogens (tertiary/aromatic N) is 1. The molecule has 0 spiro atoms. The molecular formula is C34H53N5O6. The predicted octanol–water partition coefficient (Wildman–Crippen LogP) is 2.97. The van der Waals surface area contributed by atoms with Crippen molar-refractivity contribution in [3.8, 4) is 5.75 Å². The Morgan fingerprint density at radius 1 is 0.844 bits per heavy atom. The molecule has 0 aromatic heterocycles. The minimum atomic E-state index is -1.04. The van der Waals surface area contributed by atoms with Gasteiger partial charge < -0.3 is 26.0 Å².